The molecule has 0 aliphatic heterocycles. The van der Waals surface area contributed by atoms with Crippen molar-refractivity contribution in [2.24, 2.45) is 5.16 Å². The largest absolute Gasteiger partial charge is 0.480 e. The van der Waals surface area contributed by atoms with E-state index in [1.165, 1.54) is 32.0 Å². The Morgan fingerprint density at radius 3 is 2.16 bits per heavy atom. The summed E-state index contributed by atoms with van der Waals surface area (Å²) in [4.78, 5) is 39.4. The second kappa shape index (κ2) is 10.5. The van der Waals surface area contributed by atoms with Crippen molar-refractivity contribution in [3.63, 3.8) is 0 Å². The summed E-state index contributed by atoms with van der Waals surface area (Å²) in [5.74, 6) is -2.93. The molecule has 136 valence electrons. The van der Waals surface area contributed by atoms with E-state index >= 15 is 0 Å². The Morgan fingerprint density at radius 2 is 1.64 bits per heavy atom. The van der Waals surface area contributed by atoms with Crippen LogP contribution in [0.4, 0.5) is 0 Å². The highest BCUT2D eigenvalue weighted by atomic mass is 35.5. The van der Waals surface area contributed by atoms with Crippen LogP contribution in [0.2, 0.25) is 10.0 Å². The molecule has 0 aliphatic rings. The van der Waals surface area contributed by atoms with Crippen molar-refractivity contribution in [1.29, 1.82) is 0 Å². The Labute approximate surface area is 153 Å². The third-order valence-corrected chi connectivity index (χ3v) is 2.95. The van der Waals surface area contributed by atoms with E-state index in [1.807, 2.05) is 0 Å². The Balaban J connectivity index is 2.69. The first-order chi connectivity index (χ1) is 11.9. The number of carbonyl (C=O) groups excluding carboxylic acids is 3. The topological polar surface area (TPSA) is 100 Å². The number of benzene rings is 1. The molecule has 0 aromatic heterocycles. The van der Waals surface area contributed by atoms with Gasteiger partial charge in [-0.3, -0.25) is 0 Å². The quantitative estimate of drug-likeness (QED) is 0.220. The molecule has 1 aromatic carbocycles. The van der Waals surface area contributed by atoms with Crippen LogP contribution in [0.15, 0.2) is 23.4 Å². The van der Waals surface area contributed by atoms with Crippen LogP contribution < -0.4 is 4.74 Å². The third-order valence-electron chi connectivity index (χ3n) is 2.42. The molecular weight excluding hydrogens is 377 g/mol. The van der Waals surface area contributed by atoms with Gasteiger partial charge >= 0.3 is 17.9 Å². The van der Waals surface area contributed by atoms with Crippen molar-refractivity contribution in [3.8, 4) is 5.75 Å². The van der Waals surface area contributed by atoms with Crippen LogP contribution in [-0.2, 0) is 28.7 Å². The molecule has 0 radical (unpaired) electrons. The summed E-state index contributed by atoms with van der Waals surface area (Å²) in [6.07, 6.45) is 0. The molecule has 0 unspecified atom stereocenters. The molecule has 0 atom stereocenters. The van der Waals surface area contributed by atoms with E-state index in [0.717, 1.165) is 0 Å². The first-order valence-electron chi connectivity index (χ1n) is 7.08. The van der Waals surface area contributed by atoms with Crippen LogP contribution in [0.5, 0.6) is 5.75 Å². The van der Waals surface area contributed by atoms with Crippen molar-refractivity contribution in [2.75, 3.05) is 19.8 Å². The molecule has 0 saturated heterocycles. The van der Waals surface area contributed by atoms with Gasteiger partial charge in [0.2, 0.25) is 0 Å². The van der Waals surface area contributed by atoms with Crippen molar-refractivity contribution in [2.45, 2.75) is 13.8 Å². The maximum atomic E-state index is 11.6. The van der Waals surface area contributed by atoms with Crippen molar-refractivity contribution in [3.05, 3.63) is 28.2 Å². The minimum Gasteiger partial charge on any atom is -0.480 e. The smallest absolute Gasteiger partial charge is 0.372 e. The molecule has 0 aliphatic carbocycles. The molecule has 1 rings (SSSR count). The summed E-state index contributed by atoms with van der Waals surface area (Å²) in [7, 11) is 0. The first kappa shape index (κ1) is 20.7. The molecule has 0 heterocycles. The standard InChI is InChI=1S/C15H15Cl2NO7/c1-3-22-14(20)13(15(21)23-4-2)18-25-12(19)8-24-11-6-5-9(16)7-10(11)17/h5-7H,3-4,8H2,1-2H3. The normalized spacial score (nSPS) is 9.76. The average Bonchev–Trinajstić information content (AvgIpc) is 2.54. The second-order valence-electron chi connectivity index (χ2n) is 4.21. The Kier molecular flexibility index (Phi) is 8.73. The number of oxime groups is 1. The van der Waals surface area contributed by atoms with Gasteiger partial charge in [-0.2, -0.15) is 0 Å². The van der Waals surface area contributed by atoms with E-state index in [-0.39, 0.29) is 24.0 Å². The van der Waals surface area contributed by atoms with Crippen LogP contribution in [-0.4, -0.2) is 43.4 Å². The van der Waals surface area contributed by atoms with Crippen molar-refractivity contribution < 1.29 is 33.4 Å². The molecule has 0 saturated carbocycles. The Morgan fingerprint density at radius 1 is 1.04 bits per heavy atom. The van der Waals surface area contributed by atoms with Crippen LogP contribution in [0.1, 0.15) is 13.8 Å². The minimum atomic E-state index is -1.07. The monoisotopic (exact) mass is 391 g/mol. The number of hydrogen-bond donors (Lipinski definition) is 0. The number of carbonyl (C=O) groups is 3. The van der Waals surface area contributed by atoms with Gasteiger partial charge in [0.15, 0.2) is 6.61 Å². The fraction of sp³-hybridized carbons (Fsp3) is 0.333. The molecule has 25 heavy (non-hydrogen) atoms. The van der Waals surface area contributed by atoms with E-state index in [0.29, 0.717) is 5.02 Å². The highest BCUT2D eigenvalue weighted by Gasteiger charge is 2.25. The summed E-state index contributed by atoms with van der Waals surface area (Å²) in [5, 5.41) is 3.79. The minimum absolute atomic E-state index is 0.00335. The lowest BCUT2D eigenvalue weighted by Crippen LogP contribution is -2.29. The van der Waals surface area contributed by atoms with Gasteiger partial charge in [-0.1, -0.05) is 28.4 Å². The van der Waals surface area contributed by atoms with Crippen molar-refractivity contribution >= 4 is 46.8 Å². The van der Waals surface area contributed by atoms with Gasteiger partial charge in [-0.05, 0) is 32.0 Å². The van der Waals surface area contributed by atoms with E-state index in [4.69, 9.17) is 27.9 Å². The predicted molar refractivity (Wildman–Crippen MR) is 88.8 cm³/mol. The lowest BCUT2D eigenvalue weighted by atomic mass is 10.3. The van der Waals surface area contributed by atoms with Crippen LogP contribution >= 0.6 is 23.2 Å². The van der Waals surface area contributed by atoms with E-state index in [1.54, 1.807) is 0 Å². The molecule has 1 aromatic rings. The maximum absolute atomic E-state index is 11.6. The molecular formula is C15H15Cl2NO7. The third kappa shape index (κ3) is 6.98. The van der Waals surface area contributed by atoms with Gasteiger partial charge in [-0.25, -0.2) is 14.4 Å². The number of hydrogen-bond acceptors (Lipinski definition) is 8. The summed E-state index contributed by atoms with van der Waals surface area (Å²) in [6.45, 7) is 2.52. The zero-order valence-electron chi connectivity index (χ0n) is 13.4. The van der Waals surface area contributed by atoms with Gasteiger partial charge in [0.05, 0.1) is 18.2 Å². The lowest BCUT2D eigenvalue weighted by molar-refractivity contribution is -0.146. The van der Waals surface area contributed by atoms with Crippen LogP contribution in [0.3, 0.4) is 0 Å². The predicted octanol–water partition coefficient (Wildman–Crippen LogP) is 2.40. The van der Waals surface area contributed by atoms with Gasteiger partial charge in [0.1, 0.15) is 5.75 Å². The molecule has 0 N–H and O–H groups in total. The van der Waals surface area contributed by atoms with Crippen molar-refractivity contribution in [1.82, 2.24) is 0 Å². The second-order valence-corrected chi connectivity index (χ2v) is 5.05. The summed E-state index contributed by atoms with van der Waals surface area (Å²) in [6, 6.07) is 4.41. The Bertz CT molecular complexity index is 656. The fourth-order valence-corrected chi connectivity index (χ4v) is 1.87. The number of esters is 2. The lowest BCUT2D eigenvalue weighted by Gasteiger charge is -2.07. The molecule has 0 amide bonds. The van der Waals surface area contributed by atoms with Crippen LogP contribution in [0.25, 0.3) is 0 Å². The van der Waals surface area contributed by atoms with Gasteiger partial charge in [0, 0.05) is 5.02 Å². The van der Waals surface area contributed by atoms with E-state index in [9.17, 15) is 14.4 Å². The molecule has 0 bridgehead atoms. The summed E-state index contributed by atoms with van der Waals surface area (Å²) >= 11 is 11.6. The van der Waals surface area contributed by atoms with Gasteiger partial charge in [0.25, 0.3) is 5.71 Å². The van der Waals surface area contributed by atoms with E-state index in [2.05, 4.69) is 19.5 Å². The first-order valence-corrected chi connectivity index (χ1v) is 7.84. The fourth-order valence-electron chi connectivity index (χ4n) is 1.41. The van der Waals surface area contributed by atoms with Crippen LogP contribution in [0, 0.1) is 0 Å². The zero-order chi connectivity index (χ0) is 18.8. The van der Waals surface area contributed by atoms with E-state index < -0.39 is 30.2 Å². The zero-order valence-corrected chi connectivity index (χ0v) is 14.9. The number of nitrogens with zero attached hydrogens (tertiary/aromatic N) is 1. The maximum Gasteiger partial charge on any atom is 0.372 e. The summed E-state index contributed by atoms with van der Waals surface area (Å²) in [5.41, 5.74) is -0.790. The summed E-state index contributed by atoms with van der Waals surface area (Å²) < 4.78 is 14.4. The molecule has 8 nitrogen and oxygen atoms in total. The molecule has 0 fully saturated rings. The number of ether oxygens (including phenoxy) is 3. The number of halogens is 2. The Hall–Kier alpha value is -2.32. The number of rotatable bonds is 8. The SMILES string of the molecule is CCOC(=O)C(=NOC(=O)COc1ccc(Cl)cc1Cl)C(=O)OCC. The highest BCUT2D eigenvalue weighted by Crippen LogP contribution is 2.27. The highest BCUT2D eigenvalue weighted by molar-refractivity contribution is 6.62. The molecule has 10 heteroatoms. The average molecular weight is 392 g/mol. The molecule has 0 spiro atoms. The van der Waals surface area contributed by atoms with Gasteiger partial charge < -0.3 is 19.0 Å². The van der Waals surface area contributed by atoms with Gasteiger partial charge in [-0.15, -0.1) is 0 Å².